The minimum absolute atomic E-state index is 0.0330. The van der Waals surface area contributed by atoms with E-state index in [0.29, 0.717) is 32.1 Å². The maximum atomic E-state index is 12.8. The second kappa shape index (κ2) is 9.09. The fourth-order valence-electron chi connectivity index (χ4n) is 4.44. The average Bonchev–Trinajstić information content (AvgIpc) is 3.66. The molecule has 0 bridgehead atoms. The highest BCUT2D eigenvalue weighted by Crippen LogP contribution is 2.38. The van der Waals surface area contributed by atoms with Crippen LogP contribution in [-0.4, -0.2) is 94.6 Å². The molecule has 3 fully saturated rings. The van der Waals surface area contributed by atoms with Gasteiger partial charge in [0.1, 0.15) is 12.4 Å². The first-order valence-corrected chi connectivity index (χ1v) is 11.8. The Morgan fingerprint density at radius 2 is 1.67 bits per heavy atom. The van der Waals surface area contributed by atoms with Crippen molar-refractivity contribution in [2.75, 3.05) is 69.2 Å². The first kappa shape index (κ1) is 21.8. The third-order valence-corrected chi connectivity index (χ3v) is 6.77. The zero-order valence-corrected chi connectivity index (χ0v) is 19.5. The molecule has 176 valence electrons. The van der Waals surface area contributed by atoms with Gasteiger partial charge in [0, 0.05) is 76.1 Å². The Labute approximate surface area is 193 Å². The number of aryl methyl sites for hydroxylation is 1. The molecule has 0 unspecified atom stereocenters. The Hall–Kier alpha value is -3.01. The largest absolute Gasteiger partial charge is 0.354 e. The highest BCUT2D eigenvalue weighted by atomic mass is 16.2. The highest BCUT2D eigenvalue weighted by Gasteiger charge is 2.27. The predicted molar refractivity (Wildman–Crippen MR) is 126 cm³/mol. The number of likely N-dealkylation sites (N-methyl/N-ethyl adjacent to an activating group) is 1. The molecule has 10 nitrogen and oxygen atoms in total. The van der Waals surface area contributed by atoms with Crippen LogP contribution in [0.15, 0.2) is 23.3 Å². The number of hydrogen-bond acceptors (Lipinski definition) is 8. The molecule has 0 spiro atoms. The van der Waals surface area contributed by atoms with E-state index >= 15 is 0 Å². The molecular weight excluding hydrogens is 420 g/mol. The fourth-order valence-corrected chi connectivity index (χ4v) is 4.44. The second-order valence-electron chi connectivity index (χ2n) is 9.38. The van der Waals surface area contributed by atoms with E-state index in [2.05, 4.69) is 37.8 Å². The number of carbonyl (C=O) groups excluding carboxylic acids is 1. The van der Waals surface area contributed by atoms with E-state index < -0.39 is 0 Å². The van der Waals surface area contributed by atoms with Crippen molar-refractivity contribution >= 4 is 17.7 Å². The predicted octanol–water partition coefficient (Wildman–Crippen LogP) is 0.320. The lowest BCUT2D eigenvalue weighted by atomic mass is 10.3. The smallest absolute Gasteiger partial charge is 0.254 e. The summed E-state index contributed by atoms with van der Waals surface area (Å²) in [5.41, 5.74) is 1.66. The molecule has 0 aromatic carbocycles. The minimum Gasteiger partial charge on any atom is -0.354 e. The lowest BCUT2D eigenvalue weighted by molar-refractivity contribution is -0.132. The topological polar surface area (TPSA) is 90.7 Å². The van der Waals surface area contributed by atoms with E-state index in [-0.39, 0.29) is 18.0 Å². The van der Waals surface area contributed by atoms with Crippen molar-refractivity contribution in [1.29, 1.82) is 0 Å². The van der Waals surface area contributed by atoms with Crippen LogP contribution < -0.4 is 15.4 Å². The molecule has 1 saturated carbocycles. The number of rotatable bonds is 5. The van der Waals surface area contributed by atoms with Gasteiger partial charge in [-0.25, -0.2) is 9.97 Å². The highest BCUT2D eigenvalue weighted by molar-refractivity contribution is 5.76. The summed E-state index contributed by atoms with van der Waals surface area (Å²) in [7, 11) is 2.14. The summed E-state index contributed by atoms with van der Waals surface area (Å²) >= 11 is 0. The Balaban J connectivity index is 1.19. The van der Waals surface area contributed by atoms with Crippen LogP contribution in [0.4, 0.5) is 11.8 Å². The molecule has 1 amide bonds. The Morgan fingerprint density at radius 1 is 0.970 bits per heavy atom. The maximum Gasteiger partial charge on any atom is 0.254 e. The van der Waals surface area contributed by atoms with Gasteiger partial charge in [-0.05, 0) is 26.8 Å². The first-order valence-electron chi connectivity index (χ1n) is 11.8. The molecule has 2 aromatic rings. The lowest BCUT2D eigenvalue weighted by Gasteiger charge is -2.36. The molecule has 0 radical (unpaired) electrons. The maximum absolute atomic E-state index is 12.8. The number of amides is 1. The van der Waals surface area contributed by atoms with E-state index in [1.807, 2.05) is 11.8 Å². The summed E-state index contributed by atoms with van der Waals surface area (Å²) in [4.78, 5) is 47.7. The summed E-state index contributed by atoms with van der Waals surface area (Å²) in [6, 6.07) is 3.63. The summed E-state index contributed by atoms with van der Waals surface area (Å²) < 4.78 is 1.41. The zero-order chi connectivity index (χ0) is 22.9. The lowest BCUT2D eigenvalue weighted by Crippen LogP contribution is -2.50. The van der Waals surface area contributed by atoms with E-state index in [9.17, 15) is 9.59 Å². The molecule has 2 aliphatic heterocycles. The van der Waals surface area contributed by atoms with Crippen LogP contribution in [0.2, 0.25) is 0 Å². The molecule has 5 rings (SSSR count). The summed E-state index contributed by atoms with van der Waals surface area (Å²) in [5, 5.41) is 0. The van der Waals surface area contributed by atoms with Crippen LogP contribution in [0, 0.1) is 6.92 Å². The van der Waals surface area contributed by atoms with Crippen LogP contribution in [0.1, 0.15) is 30.1 Å². The fraction of sp³-hybridized carbons (Fsp3) is 0.609. The molecular formula is C23H32N8O2. The van der Waals surface area contributed by atoms with Gasteiger partial charge in [0.15, 0.2) is 0 Å². The zero-order valence-electron chi connectivity index (χ0n) is 19.5. The van der Waals surface area contributed by atoms with Gasteiger partial charge in [-0.1, -0.05) is 0 Å². The first-order chi connectivity index (χ1) is 16.0. The Morgan fingerprint density at radius 3 is 2.33 bits per heavy atom. The van der Waals surface area contributed by atoms with Crippen molar-refractivity contribution in [3.63, 3.8) is 0 Å². The third kappa shape index (κ3) is 5.00. The molecule has 2 aromatic heterocycles. The van der Waals surface area contributed by atoms with Gasteiger partial charge < -0.3 is 19.6 Å². The van der Waals surface area contributed by atoms with Crippen molar-refractivity contribution in [1.82, 2.24) is 29.3 Å². The van der Waals surface area contributed by atoms with E-state index in [1.165, 1.54) is 10.9 Å². The van der Waals surface area contributed by atoms with Crippen LogP contribution in [0.3, 0.4) is 0 Å². The number of piperazine rings is 2. The van der Waals surface area contributed by atoms with E-state index in [1.54, 1.807) is 6.07 Å². The van der Waals surface area contributed by atoms with Crippen LogP contribution in [-0.2, 0) is 11.3 Å². The van der Waals surface area contributed by atoms with Gasteiger partial charge in [0.2, 0.25) is 11.9 Å². The molecule has 0 N–H and O–H groups in total. The second-order valence-corrected chi connectivity index (χ2v) is 9.38. The normalized spacial score (nSPS) is 19.8. The monoisotopic (exact) mass is 452 g/mol. The van der Waals surface area contributed by atoms with E-state index in [0.717, 1.165) is 62.2 Å². The van der Waals surface area contributed by atoms with Crippen LogP contribution in [0.5, 0.6) is 0 Å². The number of aromatic nitrogens is 4. The van der Waals surface area contributed by atoms with Crippen molar-refractivity contribution in [3.8, 4) is 0 Å². The minimum atomic E-state index is -0.150. The Kier molecular flexibility index (Phi) is 6.01. The molecule has 33 heavy (non-hydrogen) atoms. The number of hydrogen-bond donors (Lipinski definition) is 0. The van der Waals surface area contributed by atoms with Gasteiger partial charge in [0.05, 0.1) is 12.0 Å². The van der Waals surface area contributed by atoms with Crippen LogP contribution >= 0.6 is 0 Å². The molecule has 10 heteroatoms. The van der Waals surface area contributed by atoms with Gasteiger partial charge >= 0.3 is 0 Å². The molecule has 4 heterocycles. The number of anilines is 2. The van der Waals surface area contributed by atoms with Gasteiger partial charge in [-0.15, -0.1) is 0 Å². The SMILES string of the molecule is Cc1cc(N2CCN(C)CC2)nc(N2CCN(C(=O)Cn3cnc(C4CC4)cc3=O)CC2)n1. The van der Waals surface area contributed by atoms with Gasteiger partial charge in [-0.3, -0.25) is 14.2 Å². The number of nitrogens with zero attached hydrogens (tertiary/aromatic N) is 8. The molecule has 1 aliphatic carbocycles. The third-order valence-electron chi connectivity index (χ3n) is 6.77. The molecule has 3 aliphatic rings. The molecule has 0 atom stereocenters. The quantitative estimate of drug-likeness (QED) is 0.641. The van der Waals surface area contributed by atoms with Gasteiger partial charge in [-0.2, -0.15) is 4.98 Å². The molecule has 2 saturated heterocycles. The van der Waals surface area contributed by atoms with Crippen molar-refractivity contribution in [2.45, 2.75) is 32.2 Å². The van der Waals surface area contributed by atoms with Crippen molar-refractivity contribution < 1.29 is 4.79 Å². The van der Waals surface area contributed by atoms with Crippen molar-refractivity contribution in [3.05, 3.63) is 40.2 Å². The van der Waals surface area contributed by atoms with E-state index in [4.69, 9.17) is 4.98 Å². The standard InChI is InChI=1S/C23H32N8O2/c1-17-13-20(28-7-5-27(2)6-8-28)26-23(25-17)30-11-9-29(10-12-30)22(33)15-31-16-24-19(14-21(31)32)18-3-4-18/h13-14,16,18H,3-12,15H2,1-2H3. The van der Waals surface area contributed by atoms with Crippen LogP contribution in [0.25, 0.3) is 0 Å². The average molecular weight is 453 g/mol. The Bertz CT molecular complexity index is 1070. The van der Waals surface area contributed by atoms with Crippen molar-refractivity contribution in [2.24, 2.45) is 0 Å². The summed E-state index contributed by atoms with van der Waals surface area (Å²) in [5.74, 6) is 2.08. The van der Waals surface area contributed by atoms with Gasteiger partial charge in [0.25, 0.3) is 5.56 Å². The summed E-state index contributed by atoms with van der Waals surface area (Å²) in [6.07, 6.45) is 3.72. The number of carbonyl (C=O) groups is 1. The summed E-state index contributed by atoms with van der Waals surface area (Å²) in [6.45, 7) is 8.54.